The van der Waals surface area contributed by atoms with Crippen LogP contribution < -0.4 is 0 Å². The Morgan fingerprint density at radius 3 is 2.14 bits per heavy atom. The first-order valence-electron chi connectivity index (χ1n) is 5.02. The molecule has 0 rings (SSSR count). The van der Waals surface area contributed by atoms with Gasteiger partial charge in [0, 0.05) is 19.0 Å². The molecule has 0 unspecified atom stereocenters. The first kappa shape index (κ1) is 14.4. The zero-order chi connectivity index (χ0) is 11.2. The summed E-state index contributed by atoms with van der Waals surface area (Å²) >= 11 is 3.47. The van der Waals surface area contributed by atoms with Crippen molar-refractivity contribution in [2.45, 2.75) is 39.7 Å². The lowest BCUT2D eigenvalue weighted by molar-refractivity contribution is -0.0188. The van der Waals surface area contributed by atoms with Gasteiger partial charge in [0.05, 0.1) is 12.2 Å². The van der Waals surface area contributed by atoms with Gasteiger partial charge < -0.3 is 9.47 Å². The van der Waals surface area contributed by atoms with Crippen molar-refractivity contribution in [3.05, 3.63) is 0 Å². The minimum absolute atomic E-state index is 0.0709. The molecule has 2 nitrogen and oxygen atoms in total. The summed E-state index contributed by atoms with van der Waals surface area (Å²) in [6, 6.07) is 0. The number of rotatable bonds is 7. The second kappa shape index (κ2) is 6.09. The molecule has 0 saturated carbocycles. The first-order chi connectivity index (χ1) is 6.33. The van der Waals surface area contributed by atoms with E-state index in [2.05, 4.69) is 43.6 Å². The SMILES string of the molecule is COC(C)(C)CCOCC(C)(C)CBr. The maximum Gasteiger partial charge on any atom is 0.0644 e. The molecule has 0 aliphatic carbocycles. The van der Waals surface area contributed by atoms with Gasteiger partial charge in [0.15, 0.2) is 0 Å². The van der Waals surface area contributed by atoms with Gasteiger partial charge in [-0.2, -0.15) is 0 Å². The molecule has 14 heavy (non-hydrogen) atoms. The highest BCUT2D eigenvalue weighted by Gasteiger charge is 2.19. The molecule has 0 N–H and O–H groups in total. The van der Waals surface area contributed by atoms with E-state index in [0.29, 0.717) is 0 Å². The number of methoxy groups -OCH3 is 1. The molecule has 0 aromatic rings. The second-order valence-corrected chi connectivity index (χ2v) is 5.62. The number of ether oxygens (including phenoxy) is 2. The normalized spacial score (nSPS) is 13.3. The summed E-state index contributed by atoms with van der Waals surface area (Å²) in [5.74, 6) is 0. The number of hydrogen-bond acceptors (Lipinski definition) is 2. The minimum Gasteiger partial charge on any atom is -0.381 e. The second-order valence-electron chi connectivity index (χ2n) is 5.06. The van der Waals surface area contributed by atoms with E-state index in [1.807, 2.05) is 0 Å². The Morgan fingerprint density at radius 2 is 1.71 bits per heavy atom. The standard InChI is InChI=1S/C11H23BrO2/c1-10(2,8-12)9-14-7-6-11(3,4)13-5/h6-9H2,1-5H3. The van der Waals surface area contributed by atoms with Crippen LogP contribution in [0.3, 0.4) is 0 Å². The van der Waals surface area contributed by atoms with Crippen molar-refractivity contribution in [3.8, 4) is 0 Å². The van der Waals surface area contributed by atoms with Crippen molar-refractivity contribution < 1.29 is 9.47 Å². The highest BCUT2D eigenvalue weighted by atomic mass is 79.9. The van der Waals surface area contributed by atoms with Crippen molar-refractivity contribution in [2.24, 2.45) is 5.41 Å². The molecule has 0 saturated heterocycles. The van der Waals surface area contributed by atoms with Crippen LogP contribution in [0.25, 0.3) is 0 Å². The van der Waals surface area contributed by atoms with E-state index in [-0.39, 0.29) is 11.0 Å². The van der Waals surface area contributed by atoms with E-state index in [1.54, 1.807) is 7.11 Å². The number of halogens is 1. The predicted octanol–water partition coefficient (Wildman–Crippen LogP) is 3.24. The van der Waals surface area contributed by atoms with Crippen molar-refractivity contribution in [1.29, 1.82) is 0 Å². The van der Waals surface area contributed by atoms with E-state index in [4.69, 9.17) is 9.47 Å². The van der Waals surface area contributed by atoms with Crippen LogP contribution in [-0.2, 0) is 9.47 Å². The third-order valence-corrected chi connectivity index (χ3v) is 3.77. The Labute approximate surface area is 96.5 Å². The zero-order valence-electron chi connectivity index (χ0n) is 10.0. The molecular weight excluding hydrogens is 244 g/mol. The predicted molar refractivity (Wildman–Crippen MR) is 64.1 cm³/mol. The average molecular weight is 267 g/mol. The van der Waals surface area contributed by atoms with Gasteiger partial charge in [-0.3, -0.25) is 0 Å². The fourth-order valence-electron chi connectivity index (χ4n) is 0.807. The minimum atomic E-state index is -0.0709. The molecule has 0 aliphatic rings. The van der Waals surface area contributed by atoms with Crippen LogP contribution in [0.4, 0.5) is 0 Å². The molecule has 0 aromatic heterocycles. The Bertz CT molecular complexity index is 137. The highest BCUT2D eigenvalue weighted by Crippen LogP contribution is 2.19. The molecule has 0 fully saturated rings. The van der Waals surface area contributed by atoms with E-state index in [9.17, 15) is 0 Å². The molecule has 0 atom stereocenters. The van der Waals surface area contributed by atoms with Gasteiger partial charge in [-0.1, -0.05) is 29.8 Å². The monoisotopic (exact) mass is 266 g/mol. The maximum atomic E-state index is 5.62. The van der Waals surface area contributed by atoms with Crippen molar-refractivity contribution >= 4 is 15.9 Å². The largest absolute Gasteiger partial charge is 0.381 e. The smallest absolute Gasteiger partial charge is 0.0644 e. The third kappa shape index (κ3) is 6.80. The zero-order valence-corrected chi connectivity index (χ0v) is 11.6. The molecule has 0 radical (unpaired) electrons. The quantitative estimate of drug-likeness (QED) is 0.521. The molecule has 0 aliphatic heterocycles. The van der Waals surface area contributed by atoms with E-state index in [0.717, 1.165) is 25.0 Å². The molecule has 3 heteroatoms. The fourth-order valence-corrected chi connectivity index (χ4v) is 0.969. The van der Waals surface area contributed by atoms with E-state index < -0.39 is 0 Å². The van der Waals surface area contributed by atoms with Gasteiger partial charge in [0.2, 0.25) is 0 Å². The molecule has 0 heterocycles. The maximum absolute atomic E-state index is 5.62. The van der Waals surface area contributed by atoms with Gasteiger partial charge in [-0.15, -0.1) is 0 Å². The summed E-state index contributed by atoms with van der Waals surface area (Å²) in [5.41, 5.74) is 0.149. The Hall–Kier alpha value is 0.400. The molecule has 0 spiro atoms. The summed E-state index contributed by atoms with van der Waals surface area (Å²) in [7, 11) is 1.74. The molecule has 0 bridgehead atoms. The van der Waals surface area contributed by atoms with Gasteiger partial charge in [0.1, 0.15) is 0 Å². The van der Waals surface area contributed by atoms with Gasteiger partial charge in [-0.25, -0.2) is 0 Å². The van der Waals surface area contributed by atoms with Gasteiger partial charge in [0.25, 0.3) is 0 Å². The Balaban J connectivity index is 3.57. The lowest BCUT2D eigenvalue weighted by Gasteiger charge is -2.25. The average Bonchev–Trinajstić information content (AvgIpc) is 2.13. The van der Waals surface area contributed by atoms with Crippen LogP contribution in [0, 0.1) is 5.41 Å². The van der Waals surface area contributed by atoms with Crippen LogP contribution in [0.1, 0.15) is 34.1 Å². The van der Waals surface area contributed by atoms with Crippen LogP contribution in [0.2, 0.25) is 0 Å². The van der Waals surface area contributed by atoms with E-state index in [1.165, 1.54) is 0 Å². The number of alkyl halides is 1. The molecule has 86 valence electrons. The number of hydrogen-bond donors (Lipinski definition) is 0. The Morgan fingerprint density at radius 1 is 1.14 bits per heavy atom. The topological polar surface area (TPSA) is 18.5 Å². The van der Waals surface area contributed by atoms with Crippen LogP contribution in [0.15, 0.2) is 0 Å². The van der Waals surface area contributed by atoms with Gasteiger partial charge >= 0.3 is 0 Å². The van der Waals surface area contributed by atoms with Crippen LogP contribution in [-0.4, -0.2) is 31.3 Å². The molecule has 0 aromatic carbocycles. The summed E-state index contributed by atoms with van der Waals surface area (Å²) in [5, 5.41) is 0.966. The third-order valence-electron chi connectivity index (χ3n) is 2.26. The summed E-state index contributed by atoms with van der Waals surface area (Å²) < 4.78 is 10.9. The fraction of sp³-hybridized carbons (Fsp3) is 1.00. The lowest BCUT2D eigenvalue weighted by atomic mass is 9.98. The van der Waals surface area contributed by atoms with Crippen LogP contribution >= 0.6 is 15.9 Å². The summed E-state index contributed by atoms with van der Waals surface area (Å²) in [6.07, 6.45) is 0.932. The van der Waals surface area contributed by atoms with Crippen molar-refractivity contribution in [1.82, 2.24) is 0 Å². The lowest BCUT2D eigenvalue weighted by Crippen LogP contribution is -2.27. The summed E-state index contributed by atoms with van der Waals surface area (Å²) in [4.78, 5) is 0. The van der Waals surface area contributed by atoms with Crippen molar-refractivity contribution in [2.75, 3.05) is 25.7 Å². The van der Waals surface area contributed by atoms with Crippen LogP contribution in [0.5, 0.6) is 0 Å². The van der Waals surface area contributed by atoms with Crippen molar-refractivity contribution in [3.63, 3.8) is 0 Å². The van der Waals surface area contributed by atoms with E-state index >= 15 is 0 Å². The Kier molecular flexibility index (Phi) is 6.26. The molecular formula is C11H23BrO2. The molecule has 0 amide bonds. The van der Waals surface area contributed by atoms with Gasteiger partial charge in [-0.05, 0) is 25.7 Å². The highest BCUT2D eigenvalue weighted by molar-refractivity contribution is 9.09. The summed E-state index contributed by atoms with van der Waals surface area (Å²) in [6.45, 7) is 10.1. The first-order valence-corrected chi connectivity index (χ1v) is 6.14.